The van der Waals surface area contributed by atoms with Gasteiger partial charge < -0.3 is 15.0 Å². The van der Waals surface area contributed by atoms with Gasteiger partial charge in [-0.2, -0.15) is 0 Å². The van der Waals surface area contributed by atoms with Gasteiger partial charge >= 0.3 is 0 Å². The van der Waals surface area contributed by atoms with Crippen molar-refractivity contribution < 1.29 is 14.3 Å². The summed E-state index contributed by atoms with van der Waals surface area (Å²) in [5, 5.41) is 13.0. The largest absolute Gasteiger partial charge is 0.507 e. The standard InChI is InChI=1S/C19H18FN3O2/c1-12-5-3-8-15(17(12)24)19(25)22-16(18-21-9-10-23(18)2)13-6-4-7-14(20)11-13/h3-11,16,24H,1-2H3,(H,22,25)/t16-/m0/s1. The Hall–Kier alpha value is -3.15. The number of aromatic hydroxyl groups is 1. The highest BCUT2D eigenvalue weighted by molar-refractivity contribution is 5.97. The van der Waals surface area contributed by atoms with Crippen LogP contribution in [0.4, 0.5) is 4.39 Å². The van der Waals surface area contributed by atoms with E-state index in [4.69, 9.17) is 0 Å². The Morgan fingerprint density at radius 1 is 1.28 bits per heavy atom. The number of amides is 1. The van der Waals surface area contributed by atoms with E-state index in [1.165, 1.54) is 12.1 Å². The first kappa shape index (κ1) is 16.7. The third-order valence-corrected chi connectivity index (χ3v) is 4.06. The summed E-state index contributed by atoms with van der Waals surface area (Å²) in [5.74, 6) is -0.369. The molecule has 3 rings (SSSR count). The molecular formula is C19H18FN3O2. The minimum atomic E-state index is -0.650. The summed E-state index contributed by atoms with van der Waals surface area (Å²) in [6.45, 7) is 1.72. The molecule has 0 bridgehead atoms. The first-order valence-corrected chi connectivity index (χ1v) is 7.79. The number of halogens is 1. The number of aromatic nitrogens is 2. The Kier molecular flexibility index (Phi) is 4.52. The average molecular weight is 339 g/mol. The number of nitrogens with one attached hydrogen (secondary N) is 1. The summed E-state index contributed by atoms with van der Waals surface area (Å²) < 4.78 is 15.4. The minimum absolute atomic E-state index is 0.0715. The molecule has 0 aliphatic heterocycles. The van der Waals surface area contributed by atoms with Gasteiger partial charge in [-0.05, 0) is 36.2 Å². The maximum atomic E-state index is 13.7. The number of nitrogens with zero attached hydrogens (tertiary/aromatic N) is 2. The van der Waals surface area contributed by atoms with Crippen molar-refractivity contribution in [2.45, 2.75) is 13.0 Å². The normalized spacial score (nSPS) is 12.0. The van der Waals surface area contributed by atoms with E-state index in [1.54, 1.807) is 61.3 Å². The van der Waals surface area contributed by atoms with E-state index in [2.05, 4.69) is 10.3 Å². The molecule has 128 valence electrons. The number of benzene rings is 2. The first-order chi connectivity index (χ1) is 12.0. The number of hydrogen-bond donors (Lipinski definition) is 2. The zero-order valence-electron chi connectivity index (χ0n) is 13.9. The molecule has 0 saturated heterocycles. The van der Waals surface area contributed by atoms with Crippen molar-refractivity contribution in [2.75, 3.05) is 0 Å². The van der Waals surface area contributed by atoms with Crippen molar-refractivity contribution >= 4 is 5.91 Å². The number of hydrogen-bond acceptors (Lipinski definition) is 3. The number of phenols is 1. The molecule has 6 heteroatoms. The van der Waals surface area contributed by atoms with E-state index in [0.717, 1.165) is 0 Å². The van der Waals surface area contributed by atoms with Gasteiger partial charge in [-0.1, -0.05) is 24.3 Å². The van der Waals surface area contributed by atoms with Crippen molar-refractivity contribution in [2.24, 2.45) is 7.05 Å². The smallest absolute Gasteiger partial charge is 0.255 e. The molecule has 0 aliphatic carbocycles. The van der Waals surface area contributed by atoms with Crippen molar-refractivity contribution in [1.29, 1.82) is 0 Å². The molecule has 0 aliphatic rings. The van der Waals surface area contributed by atoms with Crippen LogP contribution in [-0.2, 0) is 7.05 Å². The van der Waals surface area contributed by atoms with Gasteiger partial charge in [0.05, 0.1) is 5.56 Å². The number of phenolic OH excluding ortho intramolecular Hbond substituents is 1. The molecule has 2 aromatic carbocycles. The Labute approximate surface area is 144 Å². The topological polar surface area (TPSA) is 67.2 Å². The number of imidazole rings is 1. The molecule has 0 radical (unpaired) electrons. The second-order valence-electron chi connectivity index (χ2n) is 5.83. The molecule has 1 aromatic heterocycles. The number of carbonyl (C=O) groups excluding carboxylic acids is 1. The summed E-state index contributed by atoms with van der Waals surface area (Å²) >= 11 is 0. The fourth-order valence-electron chi connectivity index (χ4n) is 2.69. The highest BCUT2D eigenvalue weighted by Gasteiger charge is 2.23. The molecule has 0 unspecified atom stereocenters. The molecule has 1 atom stereocenters. The Morgan fingerprint density at radius 2 is 2.04 bits per heavy atom. The molecule has 0 spiro atoms. The average Bonchev–Trinajstić information content (AvgIpc) is 3.00. The fraction of sp³-hybridized carbons (Fsp3) is 0.158. The predicted molar refractivity (Wildman–Crippen MR) is 91.8 cm³/mol. The predicted octanol–water partition coefficient (Wildman–Crippen LogP) is 3.09. The van der Waals surface area contributed by atoms with Crippen molar-refractivity contribution in [3.63, 3.8) is 0 Å². The van der Waals surface area contributed by atoms with Crippen molar-refractivity contribution in [3.8, 4) is 5.75 Å². The monoisotopic (exact) mass is 339 g/mol. The van der Waals surface area contributed by atoms with E-state index >= 15 is 0 Å². The number of aryl methyl sites for hydroxylation is 2. The van der Waals surface area contributed by atoms with Crippen LogP contribution in [0.5, 0.6) is 5.75 Å². The number of carbonyl (C=O) groups is 1. The summed E-state index contributed by atoms with van der Waals surface area (Å²) in [6, 6.07) is 10.3. The summed E-state index contributed by atoms with van der Waals surface area (Å²) in [7, 11) is 1.80. The molecule has 0 fully saturated rings. The van der Waals surface area contributed by atoms with Gasteiger partial charge in [-0.25, -0.2) is 9.37 Å². The summed E-state index contributed by atoms with van der Waals surface area (Å²) in [4.78, 5) is 17.0. The van der Waals surface area contributed by atoms with Gasteiger partial charge in [-0.3, -0.25) is 4.79 Å². The van der Waals surface area contributed by atoms with Gasteiger partial charge in [0, 0.05) is 19.4 Å². The number of para-hydroxylation sites is 1. The van der Waals surface area contributed by atoms with Crippen LogP contribution in [0.2, 0.25) is 0 Å². The molecule has 3 aromatic rings. The van der Waals surface area contributed by atoms with E-state index < -0.39 is 17.8 Å². The lowest BCUT2D eigenvalue weighted by Gasteiger charge is -2.20. The van der Waals surface area contributed by atoms with Gasteiger partial charge in [0.15, 0.2) is 0 Å². The lowest BCUT2D eigenvalue weighted by Crippen LogP contribution is -2.31. The highest BCUT2D eigenvalue weighted by Crippen LogP contribution is 2.25. The van der Waals surface area contributed by atoms with Crippen LogP contribution >= 0.6 is 0 Å². The highest BCUT2D eigenvalue weighted by atomic mass is 19.1. The Morgan fingerprint density at radius 3 is 2.72 bits per heavy atom. The second kappa shape index (κ2) is 6.76. The third kappa shape index (κ3) is 3.38. The fourth-order valence-corrected chi connectivity index (χ4v) is 2.69. The van der Waals surface area contributed by atoms with E-state index in [9.17, 15) is 14.3 Å². The SMILES string of the molecule is Cc1cccc(C(=O)N[C@@H](c2cccc(F)c2)c2nccn2C)c1O. The maximum Gasteiger partial charge on any atom is 0.255 e. The first-order valence-electron chi connectivity index (χ1n) is 7.79. The molecule has 0 saturated carbocycles. The van der Waals surface area contributed by atoms with E-state index in [-0.39, 0.29) is 11.3 Å². The molecule has 5 nitrogen and oxygen atoms in total. The zero-order valence-corrected chi connectivity index (χ0v) is 13.9. The van der Waals surface area contributed by atoms with Crippen LogP contribution in [0.1, 0.15) is 33.4 Å². The van der Waals surface area contributed by atoms with E-state index in [0.29, 0.717) is 17.0 Å². The van der Waals surface area contributed by atoms with Crippen molar-refractivity contribution in [1.82, 2.24) is 14.9 Å². The van der Waals surface area contributed by atoms with Crippen LogP contribution < -0.4 is 5.32 Å². The zero-order chi connectivity index (χ0) is 18.0. The van der Waals surface area contributed by atoms with Crippen LogP contribution in [-0.4, -0.2) is 20.6 Å². The number of rotatable bonds is 4. The van der Waals surface area contributed by atoms with Gasteiger partial charge in [0.25, 0.3) is 5.91 Å². The van der Waals surface area contributed by atoms with Gasteiger partial charge in [0.1, 0.15) is 23.4 Å². The molecule has 1 amide bonds. The Bertz CT molecular complexity index is 921. The van der Waals surface area contributed by atoms with Crippen LogP contribution in [0.3, 0.4) is 0 Å². The van der Waals surface area contributed by atoms with Gasteiger partial charge in [-0.15, -0.1) is 0 Å². The molecule has 25 heavy (non-hydrogen) atoms. The van der Waals surface area contributed by atoms with E-state index in [1.807, 2.05) is 0 Å². The summed E-state index contributed by atoms with van der Waals surface area (Å²) in [5.41, 5.74) is 1.33. The molecular weight excluding hydrogens is 321 g/mol. The van der Waals surface area contributed by atoms with Crippen LogP contribution in [0, 0.1) is 12.7 Å². The van der Waals surface area contributed by atoms with Crippen LogP contribution in [0.15, 0.2) is 54.9 Å². The molecule has 1 heterocycles. The summed E-state index contributed by atoms with van der Waals surface area (Å²) in [6.07, 6.45) is 3.36. The molecule has 2 N–H and O–H groups in total. The third-order valence-electron chi connectivity index (χ3n) is 4.06. The second-order valence-corrected chi connectivity index (χ2v) is 5.83. The lowest BCUT2D eigenvalue weighted by atomic mass is 10.0. The lowest BCUT2D eigenvalue weighted by molar-refractivity contribution is 0.0938. The maximum absolute atomic E-state index is 13.7. The Balaban J connectivity index is 2.00. The minimum Gasteiger partial charge on any atom is -0.507 e. The van der Waals surface area contributed by atoms with Crippen LogP contribution in [0.25, 0.3) is 0 Å². The van der Waals surface area contributed by atoms with Crippen molar-refractivity contribution in [3.05, 3.63) is 83.2 Å². The van der Waals surface area contributed by atoms with Gasteiger partial charge in [0.2, 0.25) is 0 Å². The quantitative estimate of drug-likeness (QED) is 0.767.